The zero-order valence-corrected chi connectivity index (χ0v) is 11.9. The summed E-state index contributed by atoms with van der Waals surface area (Å²) in [5.74, 6) is 1.64. The molecule has 1 fully saturated rings. The number of fused-ring (bicyclic) bond motifs is 1. The van der Waals surface area contributed by atoms with Gasteiger partial charge in [-0.25, -0.2) is 0 Å². The number of aryl methyl sites for hydroxylation is 1. The predicted molar refractivity (Wildman–Crippen MR) is 83.8 cm³/mol. The van der Waals surface area contributed by atoms with Crippen LogP contribution >= 0.6 is 0 Å². The summed E-state index contributed by atoms with van der Waals surface area (Å²) in [6.45, 7) is 2.09. The molecule has 2 atom stereocenters. The van der Waals surface area contributed by atoms with Gasteiger partial charge in [0.25, 0.3) is 0 Å². The van der Waals surface area contributed by atoms with Crippen molar-refractivity contribution in [2.75, 3.05) is 0 Å². The zero-order chi connectivity index (χ0) is 14.4. The van der Waals surface area contributed by atoms with Gasteiger partial charge < -0.3 is 4.42 Å². The lowest BCUT2D eigenvalue weighted by molar-refractivity contribution is 0.535. The van der Waals surface area contributed by atoms with Crippen LogP contribution in [0.5, 0.6) is 0 Å². The average molecular weight is 276 g/mol. The first-order valence-corrected chi connectivity index (χ1v) is 7.32. The molecule has 0 spiro atoms. The Morgan fingerprint density at radius 1 is 1.00 bits per heavy atom. The second-order valence-electron chi connectivity index (χ2n) is 5.87. The minimum Gasteiger partial charge on any atom is -0.460 e. The molecule has 0 aliphatic heterocycles. The van der Waals surface area contributed by atoms with Gasteiger partial charge in [-0.05, 0) is 37.0 Å². The molecule has 1 aliphatic rings. The maximum atomic E-state index is 12.2. The maximum Gasteiger partial charge on any atom is 0.192 e. The van der Waals surface area contributed by atoms with Crippen molar-refractivity contribution in [1.29, 1.82) is 0 Å². The highest BCUT2D eigenvalue weighted by Gasteiger charge is 2.41. The Hall–Kier alpha value is -2.35. The number of benzene rings is 2. The summed E-state index contributed by atoms with van der Waals surface area (Å²) < 4.78 is 5.94. The Balaban J connectivity index is 1.69. The van der Waals surface area contributed by atoms with E-state index >= 15 is 0 Å². The number of para-hydroxylation sites is 1. The van der Waals surface area contributed by atoms with Crippen molar-refractivity contribution in [3.8, 4) is 0 Å². The van der Waals surface area contributed by atoms with Crippen molar-refractivity contribution in [2.24, 2.45) is 0 Å². The molecule has 4 rings (SSSR count). The van der Waals surface area contributed by atoms with E-state index in [2.05, 4.69) is 31.2 Å². The van der Waals surface area contributed by atoms with Crippen LogP contribution in [-0.4, -0.2) is 0 Å². The third kappa shape index (κ3) is 2.17. The molecule has 0 radical (unpaired) electrons. The van der Waals surface area contributed by atoms with Crippen LogP contribution in [0, 0.1) is 6.92 Å². The van der Waals surface area contributed by atoms with E-state index in [-0.39, 0.29) is 5.43 Å². The quantitative estimate of drug-likeness (QED) is 0.695. The summed E-state index contributed by atoms with van der Waals surface area (Å²) >= 11 is 0. The lowest BCUT2D eigenvalue weighted by Crippen LogP contribution is -2.01. The summed E-state index contributed by atoms with van der Waals surface area (Å²) in [6.07, 6.45) is 1.06. The van der Waals surface area contributed by atoms with Crippen LogP contribution in [0.25, 0.3) is 11.0 Å². The standard InChI is InChI=1S/C19H16O2/c1-12-6-8-13(9-7-12)15-10-16(15)19-11-17(20)14-4-2-3-5-18(14)21-19/h2-9,11,15-16H,10H2,1H3. The highest BCUT2D eigenvalue weighted by molar-refractivity contribution is 5.76. The molecule has 104 valence electrons. The number of rotatable bonds is 2. The maximum absolute atomic E-state index is 12.2. The monoisotopic (exact) mass is 276 g/mol. The van der Waals surface area contributed by atoms with Gasteiger partial charge >= 0.3 is 0 Å². The van der Waals surface area contributed by atoms with Crippen molar-refractivity contribution in [2.45, 2.75) is 25.2 Å². The molecular formula is C19H16O2. The molecule has 0 N–H and O–H groups in total. The molecule has 2 nitrogen and oxygen atoms in total. The molecule has 0 bridgehead atoms. The van der Waals surface area contributed by atoms with Crippen LogP contribution in [-0.2, 0) is 0 Å². The van der Waals surface area contributed by atoms with Gasteiger partial charge in [-0.1, -0.05) is 42.0 Å². The van der Waals surface area contributed by atoms with Gasteiger partial charge in [-0.15, -0.1) is 0 Å². The van der Waals surface area contributed by atoms with Crippen molar-refractivity contribution in [1.82, 2.24) is 0 Å². The third-order valence-corrected chi connectivity index (χ3v) is 4.32. The van der Waals surface area contributed by atoms with E-state index in [0.717, 1.165) is 12.2 Å². The predicted octanol–water partition coefficient (Wildman–Crippen LogP) is 4.37. The summed E-state index contributed by atoms with van der Waals surface area (Å²) in [5, 5.41) is 0.661. The van der Waals surface area contributed by atoms with E-state index in [1.54, 1.807) is 6.07 Å². The fourth-order valence-corrected chi connectivity index (χ4v) is 3.00. The van der Waals surface area contributed by atoms with E-state index in [9.17, 15) is 4.79 Å². The van der Waals surface area contributed by atoms with E-state index in [4.69, 9.17) is 4.42 Å². The average Bonchev–Trinajstić information content (AvgIpc) is 3.28. The van der Waals surface area contributed by atoms with E-state index < -0.39 is 0 Å². The van der Waals surface area contributed by atoms with Gasteiger partial charge in [0.2, 0.25) is 0 Å². The Morgan fingerprint density at radius 2 is 1.76 bits per heavy atom. The van der Waals surface area contributed by atoms with Crippen LogP contribution in [0.3, 0.4) is 0 Å². The fraction of sp³-hybridized carbons (Fsp3) is 0.211. The molecule has 1 heterocycles. The molecule has 1 aliphatic carbocycles. The second kappa shape index (κ2) is 4.59. The SMILES string of the molecule is Cc1ccc(C2CC2c2cc(=O)c3ccccc3o2)cc1. The fourth-order valence-electron chi connectivity index (χ4n) is 3.00. The lowest BCUT2D eigenvalue weighted by Gasteiger charge is -2.03. The van der Waals surface area contributed by atoms with E-state index in [1.165, 1.54) is 11.1 Å². The summed E-state index contributed by atoms with van der Waals surface area (Å²) in [4.78, 5) is 12.2. The minimum atomic E-state index is 0.0569. The topological polar surface area (TPSA) is 30.2 Å². The smallest absolute Gasteiger partial charge is 0.192 e. The third-order valence-electron chi connectivity index (χ3n) is 4.32. The molecular weight excluding hydrogens is 260 g/mol. The Bertz CT molecular complexity index is 859. The summed E-state index contributed by atoms with van der Waals surface area (Å²) in [6, 6.07) is 17.8. The zero-order valence-electron chi connectivity index (χ0n) is 11.9. The number of hydrogen-bond acceptors (Lipinski definition) is 2. The van der Waals surface area contributed by atoms with Crippen LogP contribution in [0.2, 0.25) is 0 Å². The van der Waals surface area contributed by atoms with Crippen LogP contribution in [0.15, 0.2) is 63.8 Å². The first kappa shape index (κ1) is 12.4. The molecule has 3 aromatic rings. The van der Waals surface area contributed by atoms with Crippen molar-refractivity contribution in [3.63, 3.8) is 0 Å². The van der Waals surface area contributed by atoms with Crippen LogP contribution in [0.1, 0.15) is 35.1 Å². The second-order valence-corrected chi connectivity index (χ2v) is 5.87. The normalized spacial score (nSPS) is 20.6. The highest BCUT2D eigenvalue weighted by atomic mass is 16.3. The molecule has 1 saturated carbocycles. The highest BCUT2D eigenvalue weighted by Crippen LogP contribution is 2.54. The summed E-state index contributed by atoms with van der Waals surface area (Å²) in [5.41, 5.74) is 3.35. The Labute approximate surface area is 123 Å². The Morgan fingerprint density at radius 3 is 2.57 bits per heavy atom. The van der Waals surface area contributed by atoms with Crippen molar-refractivity contribution < 1.29 is 4.42 Å². The molecule has 2 heteroatoms. The minimum absolute atomic E-state index is 0.0569. The largest absolute Gasteiger partial charge is 0.460 e. The Kier molecular flexibility index (Phi) is 2.71. The van der Waals surface area contributed by atoms with Crippen molar-refractivity contribution in [3.05, 3.63) is 81.7 Å². The van der Waals surface area contributed by atoms with Gasteiger partial charge in [0.05, 0.1) is 5.39 Å². The first-order valence-electron chi connectivity index (χ1n) is 7.32. The molecule has 2 unspecified atom stereocenters. The molecule has 1 aromatic heterocycles. The summed E-state index contributed by atoms with van der Waals surface area (Å²) in [7, 11) is 0. The van der Waals surface area contributed by atoms with Crippen molar-refractivity contribution >= 4 is 11.0 Å². The van der Waals surface area contributed by atoms with Gasteiger partial charge in [-0.3, -0.25) is 4.79 Å². The van der Waals surface area contributed by atoms with Crippen LogP contribution in [0.4, 0.5) is 0 Å². The van der Waals surface area contributed by atoms with Gasteiger partial charge in [0.15, 0.2) is 5.43 Å². The van der Waals surface area contributed by atoms with Gasteiger partial charge in [-0.2, -0.15) is 0 Å². The molecule has 0 saturated heterocycles. The number of hydrogen-bond donors (Lipinski definition) is 0. The van der Waals surface area contributed by atoms with E-state index in [0.29, 0.717) is 22.8 Å². The van der Waals surface area contributed by atoms with Crippen LogP contribution < -0.4 is 5.43 Å². The molecule has 2 aromatic carbocycles. The van der Waals surface area contributed by atoms with Gasteiger partial charge in [0, 0.05) is 12.0 Å². The first-order chi connectivity index (χ1) is 10.2. The lowest BCUT2D eigenvalue weighted by atomic mass is 10.1. The molecule has 21 heavy (non-hydrogen) atoms. The molecule has 0 amide bonds. The van der Waals surface area contributed by atoms with E-state index in [1.807, 2.05) is 24.3 Å². The van der Waals surface area contributed by atoms with Gasteiger partial charge in [0.1, 0.15) is 11.3 Å².